The van der Waals surface area contributed by atoms with Crippen LogP contribution in [0.25, 0.3) is 10.6 Å². The summed E-state index contributed by atoms with van der Waals surface area (Å²) < 4.78 is 0. The molecule has 0 radical (unpaired) electrons. The third kappa shape index (κ3) is 2.60. The van der Waals surface area contributed by atoms with E-state index in [1.165, 1.54) is 11.1 Å². The number of aromatic nitrogens is 2. The second kappa shape index (κ2) is 5.59. The Kier molecular flexibility index (Phi) is 4.09. The van der Waals surface area contributed by atoms with Gasteiger partial charge in [0.15, 0.2) is 0 Å². The van der Waals surface area contributed by atoms with Crippen LogP contribution in [0.4, 0.5) is 0 Å². The summed E-state index contributed by atoms with van der Waals surface area (Å²) in [4.78, 5) is 0. The highest BCUT2D eigenvalue weighted by atomic mass is 32.1. The zero-order valence-electron chi connectivity index (χ0n) is 11.3. The van der Waals surface area contributed by atoms with Crippen LogP contribution in [0.15, 0.2) is 18.2 Å². The third-order valence-electron chi connectivity index (χ3n) is 3.25. The summed E-state index contributed by atoms with van der Waals surface area (Å²) in [7, 11) is 1.96. The van der Waals surface area contributed by atoms with Crippen LogP contribution in [-0.4, -0.2) is 17.2 Å². The van der Waals surface area contributed by atoms with Crippen LogP contribution < -0.4 is 5.32 Å². The van der Waals surface area contributed by atoms with Crippen LogP contribution in [0.1, 0.15) is 35.5 Å². The average molecular weight is 261 g/mol. The lowest BCUT2D eigenvalue weighted by Crippen LogP contribution is -2.14. The van der Waals surface area contributed by atoms with Gasteiger partial charge in [0.25, 0.3) is 0 Å². The first-order valence-electron chi connectivity index (χ1n) is 6.24. The largest absolute Gasteiger partial charge is 0.311 e. The molecule has 0 spiro atoms. The molecule has 0 aliphatic heterocycles. The second-order valence-electron chi connectivity index (χ2n) is 4.49. The molecule has 1 atom stereocenters. The van der Waals surface area contributed by atoms with Crippen LogP contribution in [-0.2, 0) is 0 Å². The number of nitrogens with zero attached hydrogens (tertiary/aromatic N) is 2. The molecule has 0 aliphatic carbocycles. The minimum absolute atomic E-state index is 0.308. The average Bonchev–Trinajstić information content (AvgIpc) is 2.84. The fourth-order valence-electron chi connectivity index (χ4n) is 1.87. The van der Waals surface area contributed by atoms with Gasteiger partial charge in [-0.25, -0.2) is 0 Å². The van der Waals surface area contributed by atoms with Crippen molar-refractivity contribution in [1.82, 2.24) is 15.5 Å². The van der Waals surface area contributed by atoms with Gasteiger partial charge in [0.2, 0.25) is 0 Å². The van der Waals surface area contributed by atoms with E-state index in [-0.39, 0.29) is 0 Å². The van der Waals surface area contributed by atoms with E-state index in [0.29, 0.717) is 6.04 Å². The van der Waals surface area contributed by atoms with Crippen molar-refractivity contribution in [2.75, 3.05) is 7.05 Å². The molecule has 1 aromatic carbocycles. The van der Waals surface area contributed by atoms with Gasteiger partial charge < -0.3 is 5.32 Å². The molecule has 4 heteroatoms. The molecule has 0 saturated carbocycles. The Hall–Kier alpha value is -1.26. The van der Waals surface area contributed by atoms with Gasteiger partial charge >= 0.3 is 0 Å². The number of nitrogens with one attached hydrogen (secondary N) is 1. The van der Waals surface area contributed by atoms with E-state index >= 15 is 0 Å². The van der Waals surface area contributed by atoms with E-state index in [1.54, 1.807) is 11.3 Å². The molecule has 0 saturated heterocycles. The molecule has 96 valence electrons. The molecule has 0 bridgehead atoms. The fraction of sp³-hybridized carbons (Fsp3) is 0.429. The number of hydrogen-bond acceptors (Lipinski definition) is 4. The highest BCUT2D eigenvalue weighted by molar-refractivity contribution is 7.14. The van der Waals surface area contributed by atoms with Gasteiger partial charge in [-0.05, 0) is 44.5 Å². The Morgan fingerprint density at radius 3 is 2.61 bits per heavy atom. The molecule has 18 heavy (non-hydrogen) atoms. The van der Waals surface area contributed by atoms with Crippen LogP contribution in [0.3, 0.4) is 0 Å². The minimum atomic E-state index is 0.308. The van der Waals surface area contributed by atoms with Gasteiger partial charge in [-0.3, -0.25) is 0 Å². The van der Waals surface area contributed by atoms with E-state index < -0.39 is 0 Å². The maximum Gasteiger partial charge on any atom is 0.147 e. The van der Waals surface area contributed by atoms with Gasteiger partial charge in [-0.2, -0.15) is 0 Å². The van der Waals surface area contributed by atoms with Crippen molar-refractivity contribution in [1.29, 1.82) is 0 Å². The molecular weight excluding hydrogens is 242 g/mol. The predicted octanol–water partition coefficient (Wildman–Crippen LogP) is 3.49. The van der Waals surface area contributed by atoms with Crippen molar-refractivity contribution >= 4 is 11.3 Å². The van der Waals surface area contributed by atoms with Gasteiger partial charge in [0.05, 0.1) is 6.04 Å². The van der Waals surface area contributed by atoms with Crippen molar-refractivity contribution in [3.63, 3.8) is 0 Å². The normalized spacial score (nSPS) is 12.7. The van der Waals surface area contributed by atoms with Crippen molar-refractivity contribution in [2.45, 2.75) is 33.2 Å². The lowest BCUT2D eigenvalue weighted by molar-refractivity contribution is 0.568. The number of aryl methyl sites for hydroxylation is 2. The van der Waals surface area contributed by atoms with E-state index in [4.69, 9.17) is 0 Å². The zero-order chi connectivity index (χ0) is 13.1. The van der Waals surface area contributed by atoms with Crippen LogP contribution >= 0.6 is 11.3 Å². The quantitative estimate of drug-likeness (QED) is 0.915. The van der Waals surface area contributed by atoms with E-state index in [9.17, 15) is 0 Å². The standard InChI is InChI=1S/C14H19N3S/c1-5-12(15-4)14-17-16-13(18-14)11-7-6-9(2)10(3)8-11/h6-8,12,15H,5H2,1-4H3. The highest BCUT2D eigenvalue weighted by Gasteiger charge is 2.14. The van der Waals surface area contributed by atoms with Gasteiger partial charge in [-0.15, -0.1) is 10.2 Å². The maximum absolute atomic E-state index is 4.30. The molecule has 0 amide bonds. The van der Waals surface area contributed by atoms with Crippen LogP contribution in [0.2, 0.25) is 0 Å². The van der Waals surface area contributed by atoms with E-state index in [0.717, 1.165) is 22.0 Å². The molecular formula is C14H19N3S. The lowest BCUT2D eigenvalue weighted by Gasteiger charge is -2.08. The molecule has 1 aromatic heterocycles. The Labute approximate surface area is 112 Å². The first kappa shape index (κ1) is 13.2. The summed E-state index contributed by atoms with van der Waals surface area (Å²) in [5.41, 5.74) is 3.77. The van der Waals surface area contributed by atoms with E-state index in [2.05, 4.69) is 54.5 Å². The maximum atomic E-state index is 4.30. The molecule has 1 heterocycles. The van der Waals surface area contributed by atoms with Crippen molar-refractivity contribution in [2.24, 2.45) is 0 Å². The number of rotatable bonds is 4. The molecule has 0 fully saturated rings. The molecule has 3 nitrogen and oxygen atoms in total. The third-order valence-corrected chi connectivity index (χ3v) is 4.34. The number of hydrogen-bond donors (Lipinski definition) is 1. The Bertz CT molecular complexity index is 530. The van der Waals surface area contributed by atoms with Crippen molar-refractivity contribution in [3.05, 3.63) is 34.3 Å². The summed E-state index contributed by atoms with van der Waals surface area (Å²) in [6, 6.07) is 6.75. The summed E-state index contributed by atoms with van der Waals surface area (Å²) in [5, 5.41) is 13.9. The summed E-state index contributed by atoms with van der Waals surface area (Å²) in [6.45, 7) is 6.40. The summed E-state index contributed by atoms with van der Waals surface area (Å²) in [5.74, 6) is 0. The van der Waals surface area contributed by atoms with Gasteiger partial charge in [-0.1, -0.05) is 30.4 Å². The molecule has 0 aliphatic rings. The smallest absolute Gasteiger partial charge is 0.147 e. The molecule has 2 rings (SSSR count). The minimum Gasteiger partial charge on any atom is -0.311 e. The number of benzene rings is 1. The summed E-state index contributed by atoms with van der Waals surface area (Å²) >= 11 is 1.67. The van der Waals surface area contributed by atoms with Gasteiger partial charge in [0, 0.05) is 5.56 Å². The molecule has 2 aromatic rings. The van der Waals surface area contributed by atoms with Gasteiger partial charge in [0.1, 0.15) is 10.0 Å². The van der Waals surface area contributed by atoms with Crippen LogP contribution in [0.5, 0.6) is 0 Å². The fourth-order valence-corrected chi connectivity index (χ4v) is 2.90. The van der Waals surface area contributed by atoms with Crippen molar-refractivity contribution in [3.8, 4) is 10.6 Å². The Morgan fingerprint density at radius 2 is 2.00 bits per heavy atom. The second-order valence-corrected chi connectivity index (χ2v) is 5.50. The zero-order valence-corrected chi connectivity index (χ0v) is 12.1. The van der Waals surface area contributed by atoms with E-state index in [1.807, 2.05) is 7.05 Å². The Morgan fingerprint density at radius 1 is 1.22 bits per heavy atom. The SMILES string of the molecule is CCC(NC)c1nnc(-c2ccc(C)c(C)c2)s1. The molecule has 1 unspecified atom stereocenters. The first-order valence-corrected chi connectivity index (χ1v) is 7.05. The van der Waals surface area contributed by atoms with Crippen molar-refractivity contribution < 1.29 is 0 Å². The monoisotopic (exact) mass is 261 g/mol. The van der Waals surface area contributed by atoms with Crippen LogP contribution in [0, 0.1) is 13.8 Å². The Balaban J connectivity index is 2.31. The molecule has 1 N–H and O–H groups in total. The first-order chi connectivity index (χ1) is 8.65. The summed E-state index contributed by atoms with van der Waals surface area (Å²) in [6.07, 6.45) is 1.03. The highest BCUT2D eigenvalue weighted by Crippen LogP contribution is 2.28. The topological polar surface area (TPSA) is 37.8 Å². The lowest BCUT2D eigenvalue weighted by atomic mass is 10.1. The predicted molar refractivity (Wildman–Crippen MR) is 76.9 cm³/mol.